The minimum atomic E-state index is 0.375. The fraction of sp³-hybridized carbons (Fsp3) is 0. The zero-order valence-corrected chi connectivity index (χ0v) is 5.96. The minimum absolute atomic E-state index is 0.375. The zero-order valence-electron chi connectivity index (χ0n) is 5.96. The third-order valence-electron chi connectivity index (χ3n) is 1.50. The summed E-state index contributed by atoms with van der Waals surface area (Å²) in [4.78, 5) is 0. The second kappa shape index (κ2) is 2.49. The van der Waals surface area contributed by atoms with Crippen LogP contribution in [0.5, 0.6) is 0 Å². The van der Waals surface area contributed by atoms with Crippen molar-refractivity contribution in [3.63, 3.8) is 0 Å². The molecule has 4 heteroatoms. The molecule has 1 aromatic carbocycles. The first-order chi connectivity index (χ1) is 5.16. The first-order valence-electron chi connectivity index (χ1n) is 3.10. The second-order valence-electron chi connectivity index (χ2n) is 2.22. The van der Waals surface area contributed by atoms with Gasteiger partial charge in [0.15, 0.2) is 0 Å². The summed E-state index contributed by atoms with van der Waals surface area (Å²) in [5.41, 5.74) is 18.3. The molecule has 0 unspecified atom stereocenters. The van der Waals surface area contributed by atoms with E-state index in [4.69, 9.17) is 22.6 Å². The highest BCUT2D eigenvalue weighted by Crippen LogP contribution is 2.23. The van der Waals surface area contributed by atoms with Crippen molar-refractivity contribution in [2.24, 2.45) is 0 Å². The summed E-state index contributed by atoms with van der Waals surface area (Å²) in [7, 11) is 0. The highest BCUT2D eigenvalue weighted by molar-refractivity contribution is 5.95. The molecule has 7 N–H and O–H groups in total. The molecule has 0 saturated carbocycles. The lowest BCUT2D eigenvalue weighted by molar-refractivity contribution is 1.53. The highest BCUT2D eigenvalue weighted by atomic mass is 14.7. The van der Waals surface area contributed by atoms with Gasteiger partial charge in [0, 0.05) is 17.5 Å². The molecule has 0 heterocycles. The third kappa shape index (κ3) is 1.10. The topological polar surface area (TPSA) is 102 Å². The van der Waals surface area contributed by atoms with Gasteiger partial charge in [0.2, 0.25) is 0 Å². The van der Waals surface area contributed by atoms with Crippen LogP contribution in [0.4, 0.5) is 17.1 Å². The molecule has 1 rings (SSSR count). The van der Waals surface area contributed by atoms with Gasteiger partial charge in [-0.1, -0.05) is 0 Å². The fourth-order valence-corrected chi connectivity index (χ4v) is 0.831. The van der Waals surface area contributed by atoms with E-state index in [1.807, 2.05) is 0 Å². The van der Waals surface area contributed by atoms with Crippen molar-refractivity contribution in [1.82, 2.24) is 0 Å². The Balaban J connectivity index is 3.40. The Morgan fingerprint density at radius 2 is 1.64 bits per heavy atom. The van der Waals surface area contributed by atoms with Crippen LogP contribution in [-0.2, 0) is 0 Å². The maximum Gasteiger partial charge on any atom is 0.0657 e. The second-order valence-corrected chi connectivity index (χ2v) is 2.22. The Morgan fingerprint density at radius 3 is 2.09 bits per heavy atom. The van der Waals surface area contributed by atoms with E-state index in [9.17, 15) is 0 Å². The molecule has 0 bridgehead atoms. The molecule has 0 atom stereocenters. The molecule has 0 aliphatic heterocycles. The molecule has 4 nitrogen and oxygen atoms in total. The van der Waals surface area contributed by atoms with Crippen LogP contribution in [-0.4, -0.2) is 6.21 Å². The first kappa shape index (κ1) is 7.40. The fourth-order valence-electron chi connectivity index (χ4n) is 0.831. The van der Waals surface area contributed by atoms with Crippen LogP contribution in [0.15, 0.2) is 12.1 Å². The van der Waals surface area contributed by atoms with Gasteiger partial charge in [0.25, 0.3) is 0 Å². The SMILES string of the molecule is N=Cc1c(N)ccc(N)c1N. The molecule has 0 fully saturated rings. The molecular weight excluding hydrogens is 140 g/mol. The zero-order chi connectivity index (χ0) is 8.43. The third-order valence-corrected chi connectivity index (χ3v) is 1.50. The van der Waals surface area contributed by atoms with E-state index in [0.29, 0.717) is 22.6 Å². The Morgan fingerprint density at radius 1 is 1.09 bits per heavy atom. The van der Waals surface area contributed by atoms with Crippen molar-refractivity contribution in [3.05, 3.63) is 17.7 Å². The van der Waals surface area contributed by atoms with Gasteiger partial charge < -0.3 is 22.6 Å². The smallest absolute Gasteiger partial charge is 0.0657 e. The van der Waals surface area contributed by atoms with Crippen LogP contribution in [0.1, 0.15) is 5.56 Å². The molecule has 0 aliphatic carbocycles. The van der Waals surface area contributed by atoms with E-state index in [1.165, 1.54) is 0 Å². The first-order valence-corrected chi connectivity index (χ1v) is 3.10. The Bertz CT molecular complexity index is 293. The van der Waals surface area contributed by atoms with Crippen LogP contribution in [0.2, 0.25) is 0 Å². The average molecular weight is 150 g/mol. The quantitative estimate of drug-likeness (QED) is 0.345. The predicted molar refractivity (Wildman–Crippen MR) is 47.6 cm³/mol. The maximum atomic E-state index is 6.98. The number of nitrogens with one attached hydrogen (secondary N) is 1. The summed E-state index contributed by atoms with van der Waals surface area (Å²) in [5.74, 6) is 0. The maximum absolute atomic E-state index is 6.98. The lowest BCUT2D eigenvalue weighted by Crippen LogP contribution is -2.02. The van der Waals surface area contributed by atoms with Gasteiger partial charge in [-0.05, 0) is 12.1 Å². The molecule has 58 valence electrons. The molecule has 0 saturated heterocycles. The molecule has 0 radical (unpaired) electrons. The number of hydrogen-bond acceptors (Lipinski definition) is 4. The predicted octanol–water partition coefficient (Wildman–Crippen LogP) is 0.431. The molecule has 0 spiro atoms. The molecule has 0 amide bonds. The van der Waals surface area contributed by atoms with Crippen LogP contribution in [0.3, 0.4) is 0 Å². The van der Waals surface area contributed by atoms with Crippen molar-refractivity contribution < 1.29 is 0 Å². The van der Waals surface area contributed by atoms with E-state index >= 15 is 0 Å². The standard InChI is InChI=1S/C7H10N4/c8-3-4-5(9)1-2-6(10)7(4)11/h1-3,8H,9-11H2. The van der Waals surface area contributed by atoms with E-state index in [1.54, 1.807) is 12.1 Å². The molecular formula is C7H10N4. The largest absolute Gasteiger partial charge is 0.398 e. The van der Waals surface area contributed by atoms with Gasteiger partial charge in [-0.2, -0.15) is 0 Å². The van der Waals surface area contributed by atoms with Crippen LogP contribution in [0.25, 0.3) is 0 Å². The van der Waals surface area contributed by atoms with Crippen LogP contribution in [0, 0.1) is 5.41 Å². The van der Waals surface area contributed by atoms with Crippen molar-refractivity contribution in [1.29, 1.82) is 5.41 Å². The number of rotatable bonds is 1. The van der Waals surface area contributed by atoms with Gasteiger partial charge in [0.05, 0.1) is 11.4 Å². The lowest BCUT2D eigenvalue weighted by atomic mass is 10.1. The molecule has 1 aromatic rings. The molecule has 0 aromatic heterocycles. The molecule has 0 aliphatic rings. The Hall–Kier alpha value is -1.71. The van der Waals surface area contributed by atoms with Crippen molar-refractivity contribution in [2.45, 2.75) is 0 Å². The summed E-state index contributed by atoms with van der Waals surface area (Å²) < 4.78 is 0. The van der Waals surface area contributed by atoms with Gasteiger partial charge in [-0.25, -0.2) is 0 Å². The summed E-state index contributed by atoms with van der Waals surface area (Å²) in [6.07, 6.45) is 1.10. The Labute approximate surface area is 64.5 Å². The van der Waals surface area contributed by atoms with Gasteiger partial charge in [-0.3, -0.25) is 0 Å². The van der Waals surface area contributed by atoms with Crippen LogP contribution >= 0.6 is 0 Å². The normalized spacial score (nSPS) is 9.45. The summed E-state index contributed by atoms with van der Waals surface area (Å²) in [6, 6.07) is 3.25. The van der Waals surface area contributed by atoms with E-state index < -0.39 is 0 Å². The number of nitrogens with two attached hydrogens (primary N) is 3. The minimum Gasteiger partial charge on any atom is -0.398 e. The lowest BCUT2D eigenvalue weighted by Gasteiger charge is -2.05. The Kier molecular flexibility index (Phi) is 1.68. The van der Waals surface area contributed by atoms with Crippen LogP contribution < -0.4 is 17.2 Å². The van der Waals surface area contributed by atoms with E-state index in [2.05, 4.69) is 0 Å². The number of anilines is 3. The number of hydrogen-bond donors (Lipinski definition) is 4. The molecule has 11 heavy (non-hydrogen) atoms. The van der Waals surface area contributed by atoms with Gasteiger partial charge in [0.1, 0.15) is 0 Å². The number of benzene rings is 1. The van der Waals surface area contributed by atoms with Crippen molar-refractivity contribution >= 4 is 23.3 Å². The van der Waals surface area contributed by atoms with Gasteiger partial charge in [-0.15, -0.1) is 0 Å². The van der Waals surface area contributed by atoms with Crippen molar-refractivity contribution in [3.8, 4) is 0 Å². The summed E-state index contributed by atoms with van der Waals surface area (Å²) >= 11 is 0. The van der Waals surface area contributed by atoms with E-state index in [-0.39, 0.29) is 0 Å². The summed E-state index contributed by atoms with van der Waals surface area (Å²) in [6.45, 7) is 0. The summed E-state index contributed by atoms with van der Waals surface area (Å²) in [5, 5.41) is 6.98. The highest BCUT2D eigenvalue weighted by Gasteiger charge is 2.02. The van der Waals surface area contributed by atoms with Crippen molar-refractivity contribution in [2.75, 3.05) is 17.2 Å². The number of nitrogen functional groups attached to an aromatic ring is 3. The van der Waals surface area contributed by atoms with E-state index in [0.717, 1.165) is 6.21 Å². The monoisotopic (exact) mass is 150 g/mol. The van der Waals surface area contributed by atoms with Gasteiger partial charge >= 0.3 is 0 Å². The average Bonchev–Trinajstić information content (AvgIpc) is 1.99.